The molecule has 0 aliphatic heterocycles. The Bertz CT molecular complexity index is 374. The average Bonchev–Trinajstić information content (AvgIpc) is 2.52. The Hall–Kier alpha value is -1.04. The van der Waals surface area contributed by atoms with Crippen molar-refractivity contribution in [3.63, 3.8) is 0 Å². The molecule has 0 aliphatic carbocycles. The van der Waals surface area contributed by atoms with Crippen LogP contribution in [0.2, 0.25) is 0 Å². The summed E-state index contributed by atoms with van der Waals surface area (Å²) in [5.41, 5.74) is 5.56. The summed E-state index contributed by atoms with van der Waals surface area (Å²) in [7, 11) is 0. The fourth-order valence-corrected chi connectivity index (χ4v) is 2.07. The quantitative estimate of drug-likeness (QED) is 0.354. The van der Waals surface area contributed by atoms with Crippen LogP contribution in [0.3, 0.4) is 0 Å². The summed E-state index contributed by atoms with van der Waals surface area (Å²) >= 11 is 0. The van der Waals surface area contributed by atoms with Crippen LogP contribution in [-0.4, -0.2) is 0 Å². The van der Waals surface area contributed by atoms with E-state index in [1.165, 1.54) is 67.2 Å². The SMILES string of the molecule is C=C(CCCC)CCCCC.CC.Cc1ccc(C)c(C)c1. The van der Waals surface area contributed by atoms with Gasteiger partial charge in [0.15, 0.2) is 0 Å². The highest BCUT2D eigenvalue weighted by Crippen LogP contribution is 2.13. The van der Waals surface area contributed by atoms with Gasteiger partial charge in [-0.05, 0) is 57.6 Å². The van der Waals surface area contributed by atoms with Crippen molar-refractivity contribution in [1.82, 2.24) is 0 Å². The largest absolute Gasteiger partial charge is 0.0999 e. The van der Waals surface area contributed by atoms with Crippen LogP contribution < -0.4 is 0 Å². The van der Waals surface area contributed by atoms with Gasteiger partial charge < -0.3 is 0 Å². The van der Waals surface area contributed by atoms with Crippen LogP contribution >= 0.6 is 0 Å². The first-order valence-corrected chi connectivity index (χ1v) is 9.21. The fraction of sp³-hybridized carbons (Fsp3) is 0.636. The van der Waals surface area contributed by atoms with Gasteiger partial charge in [0.25, 0.3) is 0 Å². The molecule has 1 aromatic rings. The summed E-state index contributed by atoms with van der Waals surface area (Å²) < 4.78 is 0. The number of rotatable bonds is 7. The monoisotopic (exact) mass is 304 g/mol. The fourth-order valence-electron chi connectivity index (χ4n) is 2.07. The Labute approximate surface area is 141 Å². The van der Waals surface area contributed by atoms with Crippen molar-refractivity contribution < 1.29 is 0 Å². The Kier molecular flexibility index (Phi) is 17.2. The number of allylic oxidation sites excluding steroid dienone is 1. The van der Waals surface area contributed by atoms with Gasteiger partial charge in [-0.15, -0.1) is 0 Å². The van der Waals surface area contributed by atoms with E-state index in [2.05, 4.69) is 59.4 Å². The normalized spacial score (nSPS) is 9.23. The van der Waals surface area contributed by atoms with E-state index in [9.17, 15) is 0 Å². The number of hydrogen-bond acceptors (Lipinski definition) is 0. The summed E-state index contributed by atoms with van der Waals surface area (Å²) in [6.45, 7) is 18.9. The minimum atomic E-state index is 1.25. The maximum atomic E-state index is 4.06. The van der Waals surface area contributed by atoms with Crippen LogP contribution in [0, 0.1) is 20.8 Å². The average molecular weight is 305 g/mol. The van der Waals surface area contributed by atoms with E-state index in [1.807, 2.05) is 13.8 Å². The molecule has 1 rings (SSSR count). The van der Waals surface area contributed by atoms with Crippen molar-refractivity contribution in [2.75, 3.05) is 0 Å². The number of aryl methyl sites for hydroxylation is 3. The van der Waals surface area contributed by atoms with Crippen molar-refractivity contribution in [2.24, 2.45) is 0 Å². The zero-order valence-corrected chi connectivity index (χ0v) is 16.4. The molecule has 0 amide bonds. The van der Waals surface area contributed by atoms with Crippen LogP contribution in [0.1, 0.15) is 89.3 Å². The van der Waals surface area contributed by atoms with E-state index in [0.29, 0.717) is 0 Å². The second-order valence-corrected chi connectivity index (χ2v) is 5.90. The molecule has 0 fully saturated rings. The summed E-state index contributed by atoms with van der Waals surface area (Å²) in [5, 5.41) is 0. The predicted molar refractivity (Wildman–Crippen MR) is 105 cm³/mol. The summed E-state index contributed by atoms with van der Waals surface area (Å²) in [4.78, 5) is 0. The molecule has 0 nitrogen and oxygen atoms in total. The van der Waals surface area contributed by atoms with Gasteiger partial charge in [-0.2, -0.15) is 0 Å². The molecule has 0 unspecified atom stereocenters. The molecule has 0 atom stereocenters. The van der Waals surface area contributed by atoms with E-state index < -0.39 is 0 Å². The highest BCUT2D eigenvalue weighted by atomic mass is 14.0. The molecule has 0 N–H and O–H groups in total. The lowest BCUT2D eigenvalue weighted by Crippen LogP contribution is -1.82. The number of benzene rings is 1. The molecule has 0 aromatic heterocycles. The minimum Gasteiger partial charge on any atom is -0.0999 e. The molecule has 0 saturated heterocycles. The molecular weight excluding hydrogens is 264 g/mol. The van der Waals surface area contributed by atoms with Crippen molar-refractivity contribution in [3.8, 4) is 0 Å². The van der Waals surface area contributed by atoms with Gasteiger partial charge in [0.2, 0.25) is 0 Å². The summed E-state index contributed by atoms with van der Waals surface area (Å²) in [6, 6.07) is 6.50. The second-order valence-electron chi connectivity index (χ2n) is 5.90. The Morgan fingerprint density at radius 1 is 0.818 bits per heavy atom. The van der Waals surface area contributed by atoms with Gasteiger partial charge in [0.1, 0.15) is 0 Å². The molecule has 22 heavy (non-hydrogen) atoms. The first-order chi connectivity index (χ1) is 10.5. The highest BCUT2D eigenvalue weighted by molar-refractivity contribution is 5.28. The molecule has 0 spiro atoms. The van der Waals surface area contributed by atoms with Gasteiger partial charge in [0, 0.05) is 0 Å². The third-order valence-corrected chi connectivity index (χ3v) is 3.68. The highest BCUT2D eigenvalue weighted by Gasteiger charge is 1.93. The van der Waals surface area contributed by atoms with Crippen LogP contribution in [0.15, 0.2) is 30.4 Å². The van der Waals surface area contributed by atoms with E-state index in [4.69, 9.17) is 0 Å². The number of unbranched alkanes of at least 4 members (excludes halogenated alkanes) is 3. The summed E-state index contributed by atoms with van der Waals surface area (Å²) in [5.74, 6) is 0. The lowest BCUT2D eigenvalue weighted by molar-refractivity contribution is 0.680. The molecule has 0 bridgehead atoms. The zero-order valence-electron chi connectivity index (χ0n) is 16.4. The van der Waals surface area contributed by atoms with Crippen LogP contribution in [0.25, 0.3) is 0 Å². The lowest BCUT2D eigenvalue weighted by atomic mass is 10.0. The Morgan fingerprint density at radius 2 is 1.36 bits per heavy atom. The van der Waals surface area contributed by atoms with E-state index in [-0.39, 0.29) is 0 Å². The van der Waals surface area contributed by atoms with Crippen molar-refractivity contribution in [3.05, 3.63) is 47.0 Å². The predicted octanol–water partition coefficient (Wildman–Crippen LogP) is 7.95. The minimum absolute atomic E-state index is 1.25. The summed E-state index contributed by atoms with van der Waals surface area (Å²) in [6.07, 6.45) is 9.16. The van der Waals surface area contributed by atoms with E-state index >= 15 is 0 Å². The van der Waals surface area contributed by atoms with Crippen LogP contribution in [0.4, 0.5) is 0 Å². The molecule has 0 aliphatic rings. The maximum Gasteiger partial charge on any atom is -0.0323 e. The molecule has 0 heteroatoms. The number of hydrogen-bond donors (Lipinski definition) is 0. The van der Waals surface area contributed by atoms with Crippen molar-refractivity contribution >= 4 is 0 Å². The van der Waals surface area contributed by atoms with Gasteiger partial charge >= 0.3 is 0 Å². The molecule has 0 heterocycles. The second kappa shape index (κ2) is 16.3. The molecular formula is C22H40. The van der Waals surface area contributed by atoms with Gasteiger partial charge in [-0.1, -0.05) is 82.9 Å². The molecule has 128 valence electrons. The van der Waals surface area contributed by atoms with E-state index in [1.54, 1.807) is 0 Å². The topological polar surface area (TPSA) is 0 Å². The maximum absolute atomic E-state index is 4.06. The Morgan fingerprint density at radius 3 is 1.82 bits per heavy atom. The third kappa shape index (κ3) is 13.9. The molecule has 1 aromatic carbocycles. The van der Waals surface area contributed by atoms with Crippen molar-refractivity contribution in [1.29, 1.82) is 0 Å². The van der Waals surface area contributed by atoms with Crippen LogP contribution in [-0.2, 0) is 0 Å². The lowest BCUT2D eigenvalue weighted by Gasteiger charge is -2.02. The first kappa shape index (κ1) is 23.2. The van der Waals surface area contributed by atoms with Gasteiger partial charge in [-0.3, -0.25) is 0 Å². The van der Waals surface area contributed by atoms with Gasteiger partial charge in [-0.25, -0.2) is 0 Å². The standard InChI is InChI=1S/C11H22.C9H12.C2H6/c1-4-6-8-10-11(3)9-7-5-2;1-7-4-5-8(2)9(3)6-7;1-2/h3-10H2,1-2H3;4-6H,1-3H3;1-2H3. The zero-order chi connectivity index (χ0) is 17.4. The third-order valence-electron chi connectivity index (χ3n) is 3.68. The smallest absolute Gasteiger partial charge is 0.0323 e. The first-order valence-electron chi connectivity index (χ1n) is 9.21. The van der Waals surface area contributed by atoms with Gasteiger partial charge in [0.05, 0.1) is 0 Å². The molecule has 0 radical (unpaired) electrons. The molecule has 0 saturated carbocycles. The van der Waals surface area contributed by atoms with E-state index in [0.717, 1.165) is 0 Å². The Balaban J connectivity index is 0. The van der Waals surface area contributed by atoms with Crippen LogP contribution in [0.5, 0.6) is 0 Å². The van der Waals surface area contributed by atoms with Crippen molar-refractivity contribution in [2.45, 2.75) is 93.4 Å².